The van der Waals surface area contributed by atoms with E-state index >= 15 is 0 Å². The minimum Gasteiger partial charge on any atom is -0.495 e. The Bertz CT molecular complexity index is 638. The fourth-order valence-corrected chi connectivity index (χ4v) is 2.05. The van der Waals surface area contributed by atoms with Crippen molar-refractivity contribution in [3.63, 3.8) is 0 Å². The van der Waals surface area contributed by atoms with Crippen molar-refractivity contribution in [2.24, 2.45) is 0 Å². The van der Waals surface area contributed by atoms with Crippen molar-refractivity contribution < 1.29 is 14.3 Å². The van der Waals surface area contributed by atoms with Gasteiger partial charge >= 0.3 is 0 Å². The highest BCUT2D eigenvalue weighted by Crippen LogP contribution is 2.23. The standard InChI is InChI=1S/C18H21NO3/c1-13(2)14-7-6-8-15(11-14)22-12-18(20)19-16-9-4-5-10-17(16)21-3/h4-11,13H,12H2,1-3H3,(H,19,20). The zero-order valence-electron chi connectivity index (χ0n) is 13.1. The van der Waals surface area contributed by atoms with Crippen molar-refractivity contribution in [1.29, 1.82) is 0 Å². The lowest BCUT2D eigenvalue weighted by atomic mass is 10.0. The van der Waals surface area contributed by atoms with Gasteiger partial charge in [-0.15, -0.1) is 0 Å². The molecule has 0 aromatic heterocycles. The third-order valence-corrected chi connectivity index (χ3v) is 3.28. The van der Waals surface area contributed by atoms with Crippen LogP contribution in [0.15, 0.2) is 48.5 Å². The van der Waals surface area contributed by atoms with Gasteiger partial charge < -0.3 is 14.8 Å². The number of rotatable bonds is 6. The van der Waals surface area contributed by atoms with Crippen LogP contribution in [-0.4, -0.2) is 19.6 Å². The molecule has 0 spiro atoms. The molecule has 0 aliphatic rings. The lowest BCUT2D eigenvalue weighted by Gasteiger charge is -2.12. The quantitative estimate of drug-likeness (QED) is 0.881. The van der Waals surface area contributed by atoms with E-state index in [0.717, 1.165) is 0 Å². The van der Waals surface area contributed by atoms with E-state index in [9.17, 15) is 4.79 Å². The minimum atomic E-state index is -0.223. The van der Waals surface area contributed by atoms with Gasteiger partial charge in [-0.25, -0.2) is 0 Å². The van der Waals surface area contributed by atoms with Gasteiger partial charge in [-0.2, -0.15) is 0 Å². The van der Waals surface area contributed by atoms with Crippen LogP contribution in [0.25, 0.3) is 0 Å². The lowest BCUT2D eigenvalue weighted by Crippen LogP contribution is -2.20. The van der Waals surface area contributed by atoms with Gasteiger partial charge in [0.05, 0.1) is 12.8 Å². The third kappa shape index (κ3) is 4.25. The van der Waals surface area contributed by atoms with Crippen LogP contribution in [0, 0.1) is 0 Å². The van der Waals surface area contributed by atoms with Crippen LogP contribution in [0.3, 0.4) is 0 Å². The summed E-state index contributed by atoms with van der Waals surface area (Å²) in [4.78, 5) is 12.0. The second-order valence-corrected chi connectivity index (χ2v) is 5.26. The molecule has 1 amide bonds. The number of carbonyl (C=O) groups excluding carboxylic acids is 1. The van der Waals surface area contributed by atoms with Gasteiger partial charge in [-0.3, -0.25) is 4.79 Å². The molecule has 116 valence electrons. The predicted octanol–water partition coefficient (Wildman–Crippen LogP) is 3.84. The molecule has 0 unspecified atom stereocenters. The number of methoxy groups -OCH3 is 1. The molecule has 0 aliphatic heterocycles. The number of anilines is 1. The molecule has 0 fully saturated rings. The van der Waals surface area contributed by atoms with E-state index < -0.39 is 0 Å². The highest BCUT2D eigenvalue weighted by Gasteiger charge is 2.08. The van der Waals surface area contributed by atoms with Crippen molar-refractivity contribution in [2.45, 2.75) is 19.8 Å². The molecule has 2 rings (SSSR count). The van der Waals surface area contributed by atoms with Crippen molar-refractivity contribution in [3.8, 4) is 11.5 Å². The first-order valence-corrected chi connectivity index (χ1v) is 7.25. The van der Waals surface area contributed by atoms with E-state index in [1.807, 2.05) is 36.4 Å². The Kier molecular flexibility index (Phi) is 5.42. The molecule has 22 heavy (non-hydrogen) atoms. The van der Waals surface area contributed by atoms with Gasteiger partial charge in [0.15, 0.2) is 6.61 Å². The molecule has 4 nitrogen and oxygen atoms in total. The summed E-state index contributed by atoms with van der Waals surface area (Å²) in [6, 6.07) is 15.1. The summed E-state index contributed by atoms with van der Waals surface area (Å²) >= 11 is 0. The zero-order valence-corrected chi connectivity index (χ0v) is 13.1. The highest BCUT2D eigenvalue weighted by molar-refractivity contribution is 5.93. The number of para-hydroxylation sites is 2. The monoisotopic (exact) mass is 299 g/mol. The van der Waals surface area contributed by atoms with E-state index in [2.05, 4.69) is 19.2 Å². The van der Waals surface area contributed by atoms with E-state index in [4.69, 9.17) is 9.47 Å². The highest BCUT2D eigenvalue weighted by atomic mass is 16.5. The number of ether oxygens (including phenoxy) is 2. The summed E-state index contributed by atoms with van der Waals surface area (Å²) in [7, 11) is 1.57. The number of amides is 1. The van der Waals surface area contributed by atoms with Gasteiger partial charge in [0.2, 0.25) is 0 Å². The molecule has 0 saturated heterocycles. The molecule has 4 heteroatoms. The predicted molar refractivity (Wildman–Crippen MR) is 87.6 cm³/mol. The Balaban J connectivity index is 1.94. The largest absolute Gasteiger partial charge is 0.495 e. The van der Waals surface area contributed by atoms with E-state index in [0.29, 0.717) is 23.1 Å². The number of carbonyl (C=O) groups is 1. The van der Waals surface area contributed by atoms with Gasteiger partial charge in [0.25, 0.3) is 5.91 Å². The molecular formula is C18H21NO3. The molecule has 0 aliphatic carbocycles. The van der Waals surface area contributed by atoms with Gasteiger partial charge in [-0.1, -0.05) is 38.1 Å². The summed E-state index contributed by atoms with van der Waals surface area (Å²) in [5.41, 5.74) is 1.82. The Morgan fingerprint density at radius 3 is 2.64 bits per heavy atom. The molecule has 2 aromatic carbocycles. The summed E-state index contributed by atoms with van der Waals surface area (Å²) < 4.78 is 10.7. The average molecular weight is 299 g/mol. The smallest absolute Gasteiger partial charge is 0.262 e. The molecular weight excluding hydrogens is 278 g/mol. The molecule has 1 N–H and O–H groups in total. The summed E-state index contributed by atoms with van der Waals surface area (Å²) in [6.07, 6.45) is 0. The number of benzene rings is 2. The van der Waals surface area contributed by atoms with Gasteiger partial charge in [0, 0.05) is 0 Å². The maximum absolute atomic E-state index is 12.0. The fraction of sp³-hybridized carbons (Fsp3) is 0.278. The van der Waals surface area contributed by atoms with Crippen LogP contribution in [-0.2, 0) is 4.79 Å². The normalized spacial score (nSPS) is 10.4. The first kappa shape index (κ1) is 15.9. The lowest BCUT2D eigenvalue weighted by molar-refractivity contribution is -0.118. The minimum absolute atomic E-state index is 0.0421. The Morgan fingerprint density at radius 1 is 1.14 bits per heavy atom. The summed E-state index contributed by atoms with van der Waals surface area (Å²) in [6.45, 7) is 4.20. The van der Waals surface area contributed by atoms with Crippen LogP contribution in [0.1, 0.15) is 25.3 Å². The van der Waals surface area contributed by atoms with Gasteiger partial charge in [0.1, 0.15) is 11.5 Å². The topological polar surface area (TPSA) is 47.6 Å². The van der Waals surface area contributed by atoms with Crippen molar-refractivity contribution >= 4 is 11.6 Å². The van der Waals surface area contributed by atoms with Crippen molar-refractivity contribution in [2.75, 3.05) is 19.0 Å². The molecule has 0 atom stereocenters. The Hall–Kier alpha value is -2.49. The molecule has 0 radical (unpaired) electrons. The third-order valence-electron chi connectivity index (χ3n) is 3.28. The maximum Gasteiger partial charge on any atom is 0.262 e. The zero-order chi connectivity index (χ0) is 15.9. The molecule has 0 heterocycles. The summed E-state index contributed by atoms with van der Waals surface area (Å²) in [5, 5.41) is 2.78. The second kappa shape index (κ2) is 7.50. The SMILES string of the molecule is COc1ccccc1NC(=O)COc1cccc(C(C)C)c1. The number of nitrogens with one attached hydrogen (secondary N) is 1. The first-order chi connectivity index (χ1) is 10.6. The number of hydrogen-bond acceptors (Lipinski definition) is 3. The molecule has 0 saturated carbocycles. The average Bonchev–Trinajstić information content (AvgIpc) is 2.53. The number of hydrogen-bond donors (Lipinski definition) is 1. The van der Waals surface area contributed by atoms with Crippen LogP contribution in [0.2, 0.25) is 0 Å². The van der Waals surface area contributed by atoms with Crippen molar-refractivity contribution in [1.82, 2.24) is 0 Å². The van der Waals surface area contributed by atoms with E-state index in [-0.39, 0.29) is 12.5 Å². The van der Waals surface area contributed by atoms with Crippen LogP contribution < -0.4 is 14.8 Å². The van der Waals surface area contributed by atoms with Gasteiger partial charge in [-0.05, 0) is 35.7 Å². The van der Waals surface area contributed by atoms with E-state index in [1.54, 1.807) is 19.2 Å². The van der Waals surface area contributed by atoms with Crippen molar-refractivity contribution in [3.05, 3.63) is 54.1 Å². The maximum atomic E-state index is 12.0. The van der Waals surface area contributed by atoms with Crippen LogP contribution >= 0.6 is 0 Å². The summed E-state index contributed by atoms with van der Waals surface area (Å²) in [5.74, 6) is 1.52. The van der Waals surface area contributed by atoms with Crippen LogP contribution in [0.4, 0.5) is 5.69 Å². The molecule has 0 bridgehead atoms. The first-order valence-electron chi connectivity index (χ1n) is 7.25. The van der Waals surface area contributed by atoms with E-state index in [1.165, 1.54) is 5.56 Å². The fourth-order valence-electron chi connectivity index (χ4n) is 2.05. The van der Waals surface area contributed by atoms with Crippen LogP contribution in [0.5, 0.6) is 11.5 Å². The Labute approximate surface area is 131 Å². The molecule has 2 aromatic rings. The Morgan fingerprint density at radius 2 is 1.91 bits per heavy atom. The second-order valence-electron chi connectivity index (χ2n) is 5.26.